The van der Waals surface area contributed by atoms with Crippen molar-refractivity contribution in [1.29, 1.82) is 0 Å². The number of aliphatic carboxylic acids is 1. The van der Waals surface area contributed by atoms with E-state index in [0.29, 0.717) is 16.5 Å². The van der Waals surface area contributed by atoms with Crippen LogP contribution in [-0.4, -0.2) is 22.9 Å². The Morgan fingerprint density at radius 1 is 1.32 bits per heavy atom. The maximum Gasteiger partial charge on any atom is 0.331 e. The van der Waals surface area contributed by atoms with Crippen molar-refractivity contribution in [2.24, 2.45) is 17.1 Å². The summed E-state index contributed by atoms with van der Waals surface area (Å²) in [6, 6.07) is 0. The first kappa shape index (κ1) is 19.2. The van der Waals surface area contributed by atoms with Crippen molar-refractivity contribution < 1.29 is 19.5 Å². The second-order valence-corrected chi connectivity index (χ2v) is 8.60. The monoisotopic (exact) mass is 364 g/mol. The molecule has 1 aromatic rings. The molecule has 2 rings (SSSR count). The Bertz CT molecular complexity index is 756. The summed E-state index contributed by atoms with van der Waals surface area (Å²) in [6.45, 7) is 7.94. The molecule has 1 aliphatic carbocycles. The predicted molar refractivity (Wildman–Crippen MR) is 97.8 cm³/mol. The summed E-state index contributed by atoms with van der Waals surface area (Å²) in [7, 11) is 0. The van der Waals surface area contributed by atoms with Gasteiger partial charge in [-0.3, -0.25) is 9.59 Å². The molecule has 0 saturated carbocycles. The van der Waals surface area contributed by atoms with E-state index in [1.807, 2.05) is 0 Å². The summed E-state index contributed by atoms with van der Waals surface area (Å²) in [5, 5.41) is 11.9. The van der Waals surface area contributed by atoms with Gasteiger partial charge in [-0.05, 0) is 43.1 Å². The molecule has 1 heterocycles. The number of thiophene rings is 1. The van der Waals surface area contributed by atoms with Crippen molar-refractivity contribution in [2.45, 2.75) is 47.0 Å². The Hall–Kier alpha value is -2.15. The zero-order chi connectivity index (χ0) is 18.9. The van der Waals surface area contributed by atoms with Gasteiger partial charge in [0.15, 0.2) is 0 Å². The van der Waals surface area contributed by atoms with Crippen LogP contribution in [0.4, 0.5) is 5.00 Å². The van der Waals surface area contributed by atoms with E-state index in [-0.39, 0.29) is 11.0 Å². The van der Waals surface area contributed by atoms with E-state index < -0.39 is 17.8 Å². The minimum atomic E-state index is -1.16. The fraction of sp³-hybridized carbons (Fsp3) is 0.500. The molecule has 0 bridgehead atoms. The van der Waals surface area contributed by atoms with Gasteiger partial charge >= 0.3 is 5.97 Å². The van der Waals surface area contributed by atoms with Crippen molar-refractivity contribution >= 4 is 34.1 Å². The van der Waals surface area contributed by atoms with Crippen LogP contribution in [-0.2, 0) is 22.4 Å². The number of anilines is 1. The molecule has 25 heavy (non-hydrogen) atoms. The summed E-state index contributed by atoms with van der Waals surface area (Å²) in [4.78, 5) is 35.9. The molecule has 1 aliphatic rings. The normalized spacial score (nSPS) is 17.8. The molecule has 7 heteroatoms. The molecule has 0 radical (unpaired) electrons. The molecule has 0 saturated heterocycles. The number of primary amides is 1. The molecule has 136 valence electrons. The largest absolute Gasteiger partial charge is 0.478 e. The van der Waals surface area contributed by atoms with Gasteiger partial charge in [-0.25, -0.2) is 4.79 Å². The van der Waals surface area contributed by atoms with Crippen LogP contribution in [0, 0.1) is 11.3 Å². The number of carbonyl (C=O) groups excluding carboxylic acids is 2. The number of carboxylic acids is 1. The number of nitrogens with one attached hydrogen (secondary N) is 1. The number of fused-ring (bicyclic) bond motifs is 1. The predicted octanol–water partition coefficient (Wildman–Crippen LogP) is 2.97. The van der Waals surface area contributed by atoms with Crippen molar-refractivity contribution in [3.05, 3.63) is 27.7 Å². The smallest absolute Gasteiger partial charge is 0.331 e. The van der Waals surface area contributed by atoms with Crippen molar-refractivity contribution in [3.63, 3.8) is 0 Å². The van der Waals surface area contributed by atoms with Crippen LogP contribution in [0.5, 0.6) is 0 Å². The number of hydrogen-bond acceptors (Lipinski definition) is 4. The van der Waals surface area contributed by atoms with Crippen molar-refractivity contribution in [3.8, 4) is 0 Å². The maximum atomic E-state index is 12.0. The average molecular weight is 364 g/mol. The minimum absolute atomic E-state index is 0.0766. The van der Waals surface area contributed by atoms with E-state index in [4.69, 9.17) is 10.8 Å². The van der Waals surface area contributed by atoms with E-state index in [2.05, 4.69) is 26.1 Å². The van der Waals surface area contributed by atoms with Gasteiger partial charge < -0.3 is 16.2 Å². The Balaban J connectivity index is 2.33. The summed E-state index contributed by atoms with van der Waals surface area (Å²) in [5.74, 6) is -1.81. The molecule has 0 fully saturated rings. The van der Waals surface area contributed by atoms with E-state index in [0.717, 1.165) is 35.8 Å². The van der Waals surface area contributed by atoms with Gasteiger partial charge in [0.1, 0.15) is 5.00 Å². The van der Waals surface area contributed by atoms with Crippen molar-refractivity contribution in [1.82, 2.24) is 0 Å². The second kappa shape index (κ2) is 7.00. The van der Waals surface area contributed by atoms with Crippen LogP contribution in [0.1, 0.15) is 54.9 Å². The summed E-state index contributed by atoms with van der Waals surface area (Å²) < 4.78 is 0. The number of carbonyl (C=O) groups is 3. The highest BCUT2D eigenvalue weighted by Gasteiger charge is 2.33. The molecular weight excluding hydrogens is 340 g/mol. The standard InChI is InChI=1S/C18H24N2O4S/c1-9(17(23)24)7-13(21)20-16-14(15(19)22)11-6-5-10(18(2,3)4)8-12(11)25-16/h7,10H,5-6,8H2,1-4H3,(H2,19,22)(H,20,21)(H,23,24)/b9-7+/t10-/m0/s1. The summed E-state index contributed by atoms with van der Waals surface area (Å²) in [5.41, 5.74) is 6.91. The lowest BCUT2D eigenvalue weighted by atomic mass is 9.72. The third-order valence-corrected chi connectivity index (χ3v) is 5.83. The topological polar surface area (TPSA) is 109 Å². The third-order valence-electron chi connectivity index (χ3n) is 4.66. The lowest BCUT2D eigenvalue weighted by Crippen LogP contribution is -2.27. The van der Waals surface area contributed by atoms with Gasteiger partial charge in [0, 0.05) is 16.5 Å². The van der Waals surface area contributed by atoms with Gasteiger partial charge in [-0.15, -0.1) is 11.3 Å². The fourth-order valence-electron chi connectivity index (χ4n) is 3.08. The van der Waals surface area contributed by atoms with E-state index in [1.54, 1.807) is 0 Å². The molecule has 4 N–H and O–H groups in total. The van der Waals surface area contributed by atoms with Gasteiger partial charge in [0.2, 0.25) is 5.91 Å². The Morgan fingerprint density at radius 3 is 2.48 bits per heavy atom. The number of carboxylic acid groups (broad SMARTS) is 1. The molecule has 0 spiro atoms. The Labute approximate surface area is 151 Å². The van der Waals surface area contributed by atoms with E-state index in [1.165, 1.54) is 18.3 Å². The third kappa shape index (κ3) is 4.28. The fourth-order valence-corrected chi connectivity index (χ4v) is 4.42. The van der Waals surface area contributed by atoms with E-state index in [9.17, 15) is 14.4 Å². The highest BCUT2D eigenvalue weighted by atomic mass is 32.1. The van der Waals surface area contributed by atoms with Gasteiger partial charge in [0.05, 0.1) is 5.56 Å². The highest BCUT2D eigenvalue weighted by Crippen LogP contribution is 2.44. The summed E-state index contributed by atoms with van der Waals surface area (Å²) >= 11 is 1.36. The molecule has 0 aromatic carbocycles. The maximum absolute atomic E-state index is 12.0. The molecule has 2 amide bonds. The first-order chi connectivity index (χ1) is 11.5. The van der Waals surface area contributed by atoms with Crippen LogP contribution in [0.15, 0.2) is 11.6 Å². The molecule has 0 aliphatic heterocycles. The van der Waals surface area contributed by atoms with Gasteiger partial charge in [-0.1, -0.05) is 20.8 Å². The number of nitrogens with two attached hydrogens (primary N) is 1. The number of amides is 2. The lowest BCUT2D eigenvalue weighted by Gasteiger charge is -2.33. The molecular formula is C18H24N2O4S. The van der Waals surface area contributed by atoms with Crippen molar-refractivity contribution in [2.75, 3.05) is 5.32 Å². The zero-order valence-corrected chi connectivity index (χ0v) is 15.8. The van der Waals surface area contributed by atoms with Crippen LogP contribution in [0.25, 0.3) is 0 Å². The average Bonchev–Trinajstić information content (AvgIpc) is 2.82. The SMILES string of the molecule is C/C(=C\C(=O)Nc1sc2c(c1C(N)=O)CC[C@H](C(C)(C)C)C2)C(=O)O. The van der Waals surface area contributed by atoms with Crippen LogP contribution >= 0.6 is 11.3 Å². The number of rotatable bonds is 4. The molecule has 0 unspecified atom stereocenters. The zero-order valence-electron chi connectivity index (χ0n) is 14.9. The van der Waals surface area contributed by atoms with Crippen LogP contribution < -0.4 is 11.1 Å². The van der Waals surface area contributed by atoms with Gasteiger partial charge in [-0.2, -0.15) is 0 Å². The van der Waals surface area contributed by atoms with Crippen LogP contribution in [0.3, 0.4) is 0 Å². The summed E-state index contributed by atoms with van der Waals surface area (Å²) in [6.07, 6.45) is 3.58. The number of hydrogen-bond donors (Lipinski definition) is 3. The molecule has 1 aromatic heterocycles. The Kier molecular flexibility index (Phi) is 5.37. The highest BCUT2D eigenvalue weighted by molar-refractivity contribution is 7.17. The van der Waals surface area contributed by atoms with Crippen LogP contribution in [0.2, 0.25) is 0 Å². The first-order valence-electron chi connectivity index (χ1n) is 8.17. The first-order valence-corrected chi connectivity index (χ1v) is 8.99. The molecule has 6 nitrogen and oxygen atoms in total. The van der Waals surface area contributed by atoms with E-state index >= 15 is 0 Å². The second-order valence-electron chi connectivity index (χ2n) is 7.50. The minimum Gasteiger partial charge on any atom is -0.478 e. The molecule has 1 atom stereocenters. The quantitative estimate of drug-likeness (QED) is 0.713. The van der Waals surface area contributed by atoms with Gasteiger partial charge in [0.25, 0.3) is 5.91 Å². The Morgan fingerprint density at radius 2 is 1.96 bits per heavy atom. The lowest BCUT2D eigenvalue weighted by molar-refractivity contribution is -0.132.